The Balaban J connectivity index is 1.87. The number of anilines is 1. The van der Waals surface area contributed by atoms with Gasteiger partial charge < -0.3 is 20.3 Å². The Hall–Kier alpha value is -2.19. The van der Waals surface area contributed by atoms with Gasteiger partial charge in [0.05, 0.1) is 17.8 Å². The third kappa shape index (κ3) is 2.85. The van der Waals surface area contributed by atoms with E-state index in [0.717, 1.165) is 4.90 Å². The fraction of sp³-hybridized carbons (Fsp3) is 0.529. The summed E-state index contributed by atoms with van der Waals surface area (Å²) < 4.78 is 24.9. The second-order valence-electron chi connectivity index (χ2n) is 7.29. The fourth-order valence-corrected chi connectivity index (χ4v) is 3.33. The number of β-amino-alcohol motifs (C(OH)–C–C–N with tert-alkyl or cyclic N) is 1. The van der Waals surface area contributed by atoms with E-state index in [4.69, 9.17) is 15.2 Å². The molecule has 2 aliphatic rings. The van der Waals surface area contributed by atoms with Gasteiger partial charge in [0.2, 0.25) is 5.60 Å². The summed E-state index contributed by atoms with van der Waals surface area (Å²) in [7, 11) is 0. The molecule has 1 fully saturated rings. The van der Waals surface area contributed by atoms with Crippen LogP contribution >= 0.6 is 0 Å². The van der Waals surface area contributed by atoms with E-state index in [1.807, 2.05) is 0 Å². The van der Waals surface area contributed by atoms with Crippen LogP contribution in [0.4, 0.5) is 14.9 Å². The molecule has 136 valence electrons. The minimum absolute atomic E-state index is 0.0153. The molecule has 25 heavy (non-hydrogen) atoms. The van der Waals surface area contributed by atoms with Gasteiger partial charge in [-0.2, -0.15) is 0 Å². The Labute approximate surface area is 144 Å². The number of carbonyl (C=O) groups excluding carboxylic acids is 2. The molecule has 0 bridgehead atoms. The summed E-state index contributed by atoms with van der Waals surface area (Å²) in [6.45, 7) is 4.86. The van der Waals surface area contributed by atoms with Crippen LogP contribution in [0.25, 0.3) is 0 Å². The first-order chi connectivity index (χ1) is 11.5. The van der Waals surface area contributed by atoms with E-state index in [2.05, 4.69) is 0 Å². The van der Waals surface area contributed by atoms with Crippen LogP contribution in [-0.4, -0.2) is 40.4 Å². The molecule has 0 aromatic heterocycles. The molecule has 1 heterocycles. The Morgan fingerprint density at radius 3 is 2.76 bits per heavy atom. The Bertz CT molecular complexity index is 745. The minimum Gasteiger partial charge on any atom is -0.427 e. The standard InChI is InChI=1S/C17H21FN2O5/c1-16(2,3)24-12(21)8-20-14(22)17(25-15(20)23)7-6-9-10(17)4-5-11(19)13(9)18/h4-5,12,21H,6-8,19H2,1-3H3. The lowest BCUT2D eigenvalue weighted by atomic mass is 9.94. The predicted molar refractivity (Wildman–Crippen MR) is 85.9 cm³/mol. The van der Waals surface area contributed by atoms with Crippen molar-refractivity contribution in [2.24, 2.45) is 0 Å². The van der Waals surface area contributed by atoms with Crippen molar-refractivity contribution in [3.05, 3.63) is 29.1 Å². The number of aliphatic hydroxyl groups excluding tert-OH is 1. The van der Waals surface area contributed by atoms with E-state index in [1.54, 1.807) is 20.8 Å². The Morgan fingerprint density at radius 1 is 1.44 bits per heavy atom. The SMILES string of the molecule is CC(C)(C)OC(O)CN1C(=O)OC2(CCc3c2ccc(N)c3F)C1=O. The minimum atomic E-state index is -1.55. The molecule has 2 unspecified atom stereocenters. The molecule has 1 aliphatic heterocycles. The van der Waals surface area contributed by atoms with Crippen molar-refractivity contribution in [1.29, 1.82) is 0 Å². The summed E-state index contributed by atoms with van der Waals surface area (Å²) in [5, 5.41) is 9.99. The van der Waals surface area contributed by atoms with Gasteiger partial charge in [0, 0.05) is 12.0 Å². The molecule has 3 N–H and O–H groups in total. The summed E-state index contributed by atoms with van der Waals surface area (Å²) in [6, 6.07) is 2.86. The van der Waals surface area contributed by atoms with Crippen LogP contribution in [0.1, 0.15) is 38.3 Å². The maximum Gasteiger partial charge on any atom is 0.418 e. The van der Waals surface area contributed by atoms with Crippen LogP contribution in [0.15, 0.2) is 12.1 Å². The number of nitrogens with zero attached hydrogens (tertiary/aromatic N) is 1. The zero-order valence-electron chi connectivity index (χ0n) is 14.3. The number of nitrogens with two attached hydrogens (primary N) is 1. The highest BCUT2D eigenvalue weighted by molar-refractivity contribution is 6.04. The van der Waals surface area contributed by atoms with Gasteiger partial charge in [0.15, 0.2) is 6.29 Å². The van der Waals surface area contributed by atoms with Crippen molar-refractivity contribution >= 4 is 17.7 Å². The van der Waals surface area contributed by atoms with Gasteiger partial charge >= 0.3 is 6.09 Å². The number of carbonyl (C=O) groups is 2. The van der Waals surface area contributed by atoms with Gasteiger partial charge in [-0.1, -0.05) is 6.07 Å². The van der Waals surface area contributed by atoms with Gasteiger partial charge in [-0.25, -0.2) is 14.1 Å². The first-order valence-corrected chi connectivity index (χ1v) is 8.03. The molecule has 1 aromatic carbocycles. The number of benzene rings is 1. The molecule has 0 saturated carbocycles. The van der Waals surface area contributed by atoms with E-state index < -0.39 is 35.3 Å². The van der Waals surface area contributed by atoms with Crippen molar-refractivity contribution < 1.29 is 28.6 Å². The van der Waals surface area contributed by atoms with Crippen LogP contribution in [0.2, 0.25) is 0 Å². The number of rotatable bonds is 3. The van der Waals surface area contributed by atoms with E-state index in [1.165, 1.54) is 12.1 Å². The zero-order chi connectivity index (χ0) is 18.6. The maximum absolute atomic E-state index is 14.2. The summed E-state index contributed by atoms with van der Waals surface area (Å²) in [4.78, 5) is 25.9. The van der Waals surface area contributed by atoms with E-state index in [0.29, 0.717) is 5.56 Å². The van der Waals surface area contributed by atoms with Crippen LogP contribution < -0.4 is 5.73 Å². The van der Waals surface area contributed by atoms with Gasteiger partial charge in [0.25, 0.3) is 5.91 Å². The topological polar surface area (TPSA) is 102 Å². The van der Waals surface area contributed by atoms with Gasteiger partial charge in [-0.15, -0.1) is 0 Å². The predicted octanol–water partition coefficient (Wildman–Crippen LogP) is 1.66. The highest BCUT2D eigenvalue weighted by Gasteiger charge is 2.58. The first-order valence-electron chi connectivity index (χ1n) is 8.03. The van der Waals surface area contributed by atoms with Crippen LogP contribution in [0.3, 0.4) is 0 Å². The highest BCUT2D eigenvalue weighted by atomic mass is 19.1. The van der Waals surface area contributed by atoms with Crippen LogP contribution in [-0.2, 0) is 26.3 Å². The number of imide groups is 1. The third-order valence-electron chi connectivity index (χ3n) is 4.34. The molecule has 2 amide bonds. The van der Waals surface area contributed by atoms with E-state index >= 15 is 0 Å². The molecule has 3 rings (SSSR count). The molecule has 2 atom stereocenters. The number of aliphatic hydroxyl groups is 1. The number of fused-ring (bicyclic) bond motifs is 2. The molecule has 1 spiro atoms. The molecule has 7 nitrogen and oxygen atoms in total. The van der Waals surface area contributed by atoms with Gasteiger partial charge in [-0.3, -0.25) is 4.79 Å². The highest BCUT2D eigenvalue weighted by Crippen LogP contribution is 2.46. The smallest absolute Gasteiger partial charge is 0.418 e. The molecular weight excluding hydrogens is 331 g/mol. The van der Waals surface area contributed by atoms with E-state index in [9.17, 15) is 19.1 Å². The Morgan fingerprint density at radius 2 is 2.12 bits per heavy atom. The molecule has 8 heteroatoms. The van der Waals surface area contributed by atoms with Crippen molar-refractivity contribution in [1.82, 2.24) is 4.90 Å². The number of hydrogen-bond acceptors (Lipinski definition) is 6. The monoisotopic (exact) mass is 352 g/mol. The zero-order valence-corrected chi connectivity index (χ0v) is 14.3. The largest absolute Gasteiger partial charge is 0.427 e. The Kier molecular flexibility index (Phi) is 4.00. The summed E-state index contributed by atoms with van der Waals surface area (Å²) in [6.07, 6.45) is -1.86. The number of ether oxygens (including phenoxy) is 2. The lowest BCUT2D eigenvalue weighted by Crippen LogP contribution is -2.43. The van der Waals surface area contributed by atoms with Crippen molar-refractivity contribution in [3.8, 4) is 0 Å². The van der Waals surface area contributed by atoms with E-state index in [-0.39, 0.29) is 30.6 Å². The lowest BCUT2D eigenvalue weighted by Gasteiger charge is -2.26. The summed E-state index contributed by atoms with van der Waals surface area (Å²) in [5.74, 6) is -1.22. The summed E-state index contributed by atoms with van der Waals surface area (Å²) in [5.41, 5.74) is 3.95. The number of nitrogen functional groups attached to an aromatic ring is 1. The normalized spacial score (nSPS) is 24.0. The third-order valence-corrected chi connectivity index (χ3v) is 4.34. The molecule has 1 aromatic rings. The van der Waals surface area contributed by atoms with Crippen molar-refractivity contribution in [2.45, 2.75) is 51.1 Å². The lowest BCUT2D eigenvalue weighted by molar-refractivity contribution is -0.174. The molecule has 1 aliphatic carbocycles. The molecule has 1 saturated heterocycles. The second kappa shape index (κ2) is 5.67. The average molecular weight is 352 g/mol. The van der Waals surface area contributed by atoms with Crippen LogP contribution in [0.5, 0.6) is 0 Å². The molecular formula is C17H21FN2O5. The maximum atomic E-state index is 14.2. The first kappa shape index (κ1) is 17.6. The van der Waals surface area contributed by atoms with Gasteiger partial charge in [0.1, 0.15) is 5.82 Å². The average Bonchev–Trinajstić information content (AvgIpc) is 2.96. The molecule has 0 radical (unpaired) electrons. The number of hydrogen-bond donors (Lipinski definition) is 2. The number of halogens is 1. The number of amides is 2. The summed E-state index contributed by atoms with van der Waals surface area (Å²) >= 11 is 0. The quantitative estimate of drug-likeness (QED) is 0.634. The van der Waals surface area contributed by atoms with Crippen LogP contribution in [0, 0.1) is 5.82 Å². The fourth-order valence-electron chi connectivity index (χ4n) is 3.33. The van der Waals surface area contributed by atoms with Crippen molar-refractivity contribution in [3.63, 3.8) is 0 Å². The second-order valence-corrected chi connectivity index (χ2v) is 7.29. The van der Waals surface area contributed by atoms with Crippen molar-refractivity contribution in [2.75, 3.05) is 12.3 Å². The van der Waals surface area contributed by atoms with Gasteiger partial charge in [-0.05, 0) is 38.8 Å².